The van der Waals surface area contributed by atoms with E-state index < -0.39 is 0 Å². The van der Waals surface area contributed by atoms with Crippen LogP contribution in [0.3, 0.4) is 0 Å². The Labute approximate surface area is 110 Å². The quantitative estimate of drug-likeness (QED) is 0.714. The minimum Gasteiger partial charge on any atom is -0.504 e. The van der Waals surface area contributed by atoms with Gasteiger partial charge < -0.3 is 5.11 Å². The van der Waals surface area contributed by atoms with E-state index >= 15 is 0 Å². The highest BCUT2D eigenvalue weighted by atomic mass is 16.3. The third kappa shape index (κ3) is 2.08. The van der Waals surface area contributed by atoms with Gasteiger partial charge in [0.2, 0.25) is 5.43 Å². The first-order valence-electron chi connectivity index (χ1n) is 6.07. The van der Waals surface area contributed by atoms with Crippen LogP contribution < -0.4 is 5.43 Å². The van der Waals surface area contributed by atoms with Crippen molar-refractivity contribution < 1.29 is 5.11 Å². The number of benzene rings is 2. The monoisotopic (exact) mass is 248 g/mol. The molecule has 2 heteroatoms. The predicted octanol–water partition coefficient (Wildman–Crippen LogP) is 3.57. The van der Waals surface area contributed by atoms with Crippen molar-refractivity contribution in [2.75, 3.05) is 0 Å². The van der Waals surface area contributed by atoms with Gasteiger partial charge in [0.15, 0.2) is 5.75 Å². The Morgan fingerprint density at radius 2 is 1.42 bits per heavy atom. The third-order valence-corrected chi connectivity index (χ3v) is 3.17. The van der Waals surface area contributed by atoms with Gasteiger partial charge in [-0.25, -0.2) is 0 Å². The van der Waals surface area contributed by atoms with Crippen LogP contribution in [0.15, 0.2) is 71.5 Å². The highest BCUT2D eigenvalue weighted by Gasteiger charge is 2.06. The fourth-order valence-electron chi connectivity index (χ4n) is 2.18. The van der Waals surface area contributed by atoms with E-state index in [1.165, 1.54) is 6.07 Å². The van der Waals surface area contributed by atoms with Crippen LogP contribution in [0.5, 0.6) is 5.75 Å². The van der Waals surface area contributed by atoms with E-state index in [0.717, 1.165) is 16.3 Å². The molecule has 0 aliphatic carbocycles. The summed E-state index contributed by atoms with van der Waals surface area (Å²) in [6.45, 7) is 0. The average molecular weight is 248 g/mol. The average Bonchev–Trinajstić information content (AvgIpc) is 2.61. The number of hydrogen-bond acceptors (Lipinski definition) is 2. The summed E-state index contributed by atoms with van der Waals surface area (Å²) in [7, 11) is 0. The number of aromatic hydroxyl groups is 1. The van der Waals surface area contributed by atoms with Crippen LogP contribution in [-0.2, 0) is 0 Å². The molecule has 3 aromatic rings. The van der Waals surface area contributed by atoms with E-state index in [1.54, 1.807) is 18.2 Å². The maximum atomic E-state index is 11.6. The first-order valence-corrected chi connectivity index (χ1v) is 6.07. The predicted molar refractivity (Wildman–Crippen MR) is 77.3 cm³/mol. The van der Waals surface area contributed by atoms with Crippen LogP contribution >= 0.6 is 0 Å². The third-order valence-electron chi connectivity index (χ3n) is 3.17. The van der Waals surface area contributed by atoms with E-state index in [2.05, 4.69) is 0 Å². The molecule has 0 unspecified atom stereocenters. The van der Waals surface area contributed by atoms with E-state index in [0.29, 0.717) is 5.56 Å². The molecule has 19 heavy (non-hydrogen) atoms. The molecule has 0 aromatic heterocycles. The number of fused-ring (bicyclic) bond motifs is 1. The highest BCUT2D eigenvalue weighted by molar-refractivity contribution is 5.88. The molecule has 3 rings (SSSR count). The van der Waals surface area contributed by atoms with E-state index in [9.17, 15) is 9.90 Å². The molecule has 0 radical (unpaired) electrons. The summed E-state index contributed by atoms with van der Waals surface area (Å²) < 4.78 is 0. The zero-order chi connectivity index (χ0) is 13.2. The Kier molecular flexibility index (Phi) is 2.76. The van der Waals surface area contributed by atoms with Crippen molar-refractivity contribution in [3.8, 4) is 16.9 Å². The second kappa shape index (κ2) is 4.58. The fraction of sp³-hybridized carbons (Fsp3) is 0. The summed E-state index contributed by atoms with van der Waals surface area (Å²) >= 11 is 0. The minimum atomic E-state index is -0.367. The summed E-state index contributed by atoms with van der Waals surface area (Å²) in [4.78, 5) is 11.6. The Morgan fingerprint density at radius 3 is 2.26 bits per heavy atom. The van der Waals surface area contributed by atoms with Crippen molar-refractivity contribution in [3.63, 3.8) is 0 Å². The molecule has 0 amide bonds. The zero-order valence-electron chi connectivity index (χ0n) is 10.2. The summed E-state index contributed by atoms with van der Waals surface area (Å²) in [5, 5.41) is 12.2. The molecule has 0 saturated heterocycles. The smallest absolute Gasteiger partial charge is 0.220 e. The van der Waals surface area contributed by atoms with Gasteiger partial charge in [0, 0.05) is 5.56 Å². The van der Waals surface area contributed by atoms with Crippen LogP contribution in [0.4, 0.5) is 0 Å². The molecular formula is C17H12O2. The van der Waals surface area contributed by atoms with Gasteiger partial charge in [0.1, 0.15) is 0 Å². The molecule has 0 saturated carbocycles. The minimum absolute atomic E-state index is 0.208. The zero-order valence-corrected chi connectivity index (χ0v) is 10.2. The second-order valence-corrected chi connectivity index (χ2v) is 4.41. The SMILES string of the molecule is O=c1ccccc(-c2ccc3ccccc3c2)c1O. The normalized spacial score (nSPS) is 10.5. The molecule has 0 spiro atoms. The molecule has 0 atom stereocenters. The summed E-state index contributed by atoms with van der Waals surface area (Å²) in [6.07, 6.45) is 0. The van der Waals surface area contributed by atoms with Crippen molar-refractivity contribution in [2.24, 2.45) is 0 Å². The van der Waals surface area contributed by atoms with Crippen LogP contribution in [0.1, 0.15) is 0 Å². The lowest BCUT2D eigenvalue weighted by Crippen LogP contribution is -1.94. The standard InChI is InChI=1S/C17H12O2/c18-16-8-4-3-7-15(17(16)19)14-10-9-12-5-1-2-6-13(12)11-14/h1-11H,(H,18,19). The van der Waals surface area contributed by atoms with Crippen molar-refractivity contribution in [1.82, 2.24) is 0 Å². The van der Waals surface area contributed by atoms with Gasteiger partial charge in [-0.05, 0) is 28.5 Å². The van der Waals surface area contributed by atoms with Gasteiger partial charge >= 0.3 is 0 Å². The van der Waals surface area contributed by atoms with Gasteiger partial charge in [0.05, 0.1) is 0 Å². The van der Waals surface area contributed by atoms with Crippen LogP contribution in [-0.4, -0.2) is 5.11 Å². The molecule has 0 fully saturated rings. The fourth-order valence-corrected chi connectivity index (χ4v) is 2.18. The maximum absolute atomic E-state index is 11.6. The Morgan fingerprint density at radius 1 is 0.737 bits per heavy atom. The molecule has 1 N–H and O–H groups in total. The van der Waals surface area contributed by atoms with Gasteiger partial charge in [0.25, 0.3) is 0 Å². The summed E-state index contributed by atoms with van der Waals surface area (Å²) in [6, 6.07) is 20.4. The summed E-state index contributed by atoms with van der Waals surface area (Å²) in [5.41, 5.74) is 1.03. The maximum Gasteiger partial charge on any atom is 0.220 e. The molecule has 0 aliphatic heterocycles. The lowest BCUT2D eigenvalue weighted by atomic mass is 10.0. The van der Waals surface area contributed by atoms with Crippen LogP contribution in [0.2, 0.25) is 0 Å². The van der Waals surface area contributed by atoms with E-state index in [1.807, 2.05) is 42.5 Å². The first kappa shape index (κ1) is 11.5. The molecular weight excluding hydrogens is 236 g/mol. The highest BCUT2D eigenvalue weighted by Crippen LogP contribution is 2.28. The lowest BCUT2D eigenvalue weighted by molar-refractivity contribution is 0.473. The van der Waals surface area contributed by atoms with Gasteiger partial charge in [-0.2, -0.15) is 0 Å². The number of rotatable bonds is 1. The first-order chi connectivity index (χ1) is 9.25. The van der Waals surface area contributed by atoms with Crippen LogP contribution in [0, 0.1) is 0 Å². The Hall–Kier alpha value is -2.61. The lowest BCUT2D eigenvalue weighted by Gasteiger charge is -2.04. The summed E-state index contributed by atoms with van der Waals surface area (Å²) in [5.74, 6) is -0.208. The van der Waals surface area contributed by atoms with Crippen molar-refractivity contribution in [2.45, 2.75) is 0 Å². The van der Waals surface area contributed by atoms with Gasteiger partial charge in [-0.15, -0.1) is 0 Å². The largest absolute Gasteiger partial charge is 0.504 e. The van der Waals surface area contributed by atoms with E-state index in [4.69, 9.17) is 0 Å². The van der Waals surface area contributed by atoms with Crippen molar-refractivity contribution in [3.05, 3.63) is 77.0 Å². The van der Waals surface area contributed by atoms with Gasteiger partial charge in [-0.1, -0.05) is 54.6 Å². The molecule has 2 nitrogen and oxygen atoms in total. The van der Waals surface area contributed by atoms with Crippen LogP contribution in [0.25, 0.3) is 21.9 Å². The Balaban J connectivity index is 2.28. The van der Waals surface area contributed by atoms with Crippen molar-refractivity contribution >= 4 is 10.8 Å². The molecule has 92 valence electrons. The number of hydrogen-bond donors (Lipinski definition) is 1. The molecule has 0 heterocycles. The topological polar surface area (TPSA) is 37.3 Å². The second-order valence-electron chi connectivity index (χ2n) is 4.41. The van der Waals surface area contributed by atoms with Crippen molar-refractivity contribution in [1.29, 1.82) is 0 Å². The molecule has 3 aromatic carbocycles. The molecule has 0 bridgehead atoms. The Bertz CT molecular complexity index is 807. The van der Waals surface area contributed by atoms with E-state index in [-0.39, 0.29) is 11.2 Å². The van der Waals surface area contributed by atoms with Gasteiger partial charge in [-0.3, -0.25) is 4.79 Å². The molecule has 0 aliphatic rings.